The third kappa shape index (κ3) is 2.86. The van der Waals surface area contributed by atoms with E-state index in [1.807, 2.05) is 6.07 Å². The Bertz CT molecular complexity index is 371. The van der Waals surface area contributed by atoms with Crippen molar-refractivity contribution in [3.63, 3.8) is 0 Å². The number of carbonyl (C=O) groups is 1. The summed E-state index contributed by atoms with van der Waals surface area (Å²) < 4.78 is 6.08. The van der Waals surface area contributed by atoms with E-state index in [1.165, 1.54) is 0 Å². The number of benzene rings is 1. The fourth-order valence-electron chi connectivity index (χ4n) is 0.932. The first-order valence-electron chi connectivity index (χ1n) is 4.04. The highest BCUT2D eigenvalue weighted by molar-refractivity contribution is 9.10. The van der Waals surface area contributed by atoms with Crippen LogP contribution < -0.4 is 4.74 Å². The quantitative estimate of drug-likeness (QED) is 0.611. The van der Waals surface area contributed by atoms with Gasteiger partial charge in [0.15, 0.2) is 0 Å². The van der Waals surface area contributed by atoms with Gasteiger partial charge in [-0.15, -0.1) is 0 Å². The van der Waals surface area contributed by atoms with Crippen molar-refractivity contribution in [1.29, 1.82) is 5.26 Å². The van der Waals surface area contributed by atoms with Crippen LogP contribution in [-0.2, 0) is 4.79 Å². The molecule has 0 spiro atoms. The molecule has 14 heavy (non-hydrogen) atoms. The van der Waals surface area contributed by atoms with Crippen molar-refractivity contribution < 1.29 is 9.53 Å². The summed E-state index contributed by atoms with van der Waals surface area (Å²) in [5.41, 5.74) is 0.463. The van der Waals surface area contributed by atoms with Gasteiger partial charge < -0.3 is 9.53 Å². The second-order valence-electron chi connectivity index (χ2n) is 2.56. The number of hydrogen-bond acceptors (Lipinski definition) is 3. The molecule has 1 aromatic rings. The maximum atomic E-state index is 10.1. The molecular formula is C10H8BrNO2. The van der Waals surface area contributed by atoms with Crippen LogP contribution in [0.1, 0.15) is 12.0 Å². The second-order valence-corrected chi connectivity index (χ2v) is 3.47. The van der Waals surface area contributed by atoms with Gasteiger partial charge in [-0.1, -0.05) is 15.9 Å². The lowest BCUT2D eigenvalue weighted by Crippen LogP contribution is -1.99. The van der Waals surface area contributed by atoms with Gasteiger partial charge in [-0.25, -0.2) is 0 Å². The summed E-state index contributed by atoms with van der Waals surface area (Å²) in [6, 6.07) is 7.19. The molecule has 0 aromatic heterocycles. The number of nitriles is 1. The number of aldehydes is 1. The molecule has 3 nitrogen and oxygen atoms in total. The van der Waals surface area contributed by atoms with Crippen molar-refractivity contribution in [3.8, 4) is 11.8 Å². The number of nitrogens with zero attached hydrogens (tertiary/aromatic N) is 1. The third-order valence-corrected chi connectivity index (χ3v) is 2.05. The van der Waals surface area contributed by atoms with Gasteiger partial charge in [0, 0.05) is 10.9 Å². The lowest BCUT2D eigenvalue weighted by molar-refractivity contribution is -0.108. The monoisotopic (exact) mass is 253 g/mol. The molecule has 0 aliphatic rings. The lowest BCUT2D eigenvalue weighted by Gasteiger charge is -2.05. The van der Waals surface area contributed by atoms with Crippen molar-refractivity contribution in [2.75, 3.05) is 6.61 Å². The maximum absolute atomic E-state index is 10.1. The van der Waals surface area contributed by atoms with Crippen LogP contribution in [0.4, 0.5) is 0 Å². The normalized spacial score (nSPS) is 9.14. The number of ether oxygens (including phenoxy) is 1. The first-order valence-corrected chi connectivity index (χ1v) is 4.83. The van der Waals surface area contributed by atoms with E-state index in [2.05, 4.69) is 15.9 Å². The summed E-state index contributed by atoms with van der Waals surface area (Å²) in [7, 11) is 0. The molecule has 0 saturated heterocycles. The van der Waals surface area contributed by atoms with Gasteiger partial charge in [-0.2, -0.15) is 5.26 Å². The number of hydrogen-bond donors (Lipinski definition) is 0. The lowest BCUT2D eigenvalue weighted by atomic mass is 10.2. The van der Waals surface area contributed by atoms with Gasteiger partial charge in [0.25, 0.3) is 0 Å². The first-order chi connectivity index (χ1) is 6.77. The highest BCUT2D eigenvalue weighted by Crippen LogP contribution is 2.22. The molecule has 0 fully saturated rings. The first kappa shape index (κ1) is 10.7. The molecule has 0 amide bonds. The Morgan fingerprint density at radius 3 is 3.00 bits per heavy atom. The van der Waals surface area contributed by atoms with E-state index in [4.69, 9.17) is 10.00 Å². The van der Waals surface area contributed by atoms with E-state index >= 15 is 0 Å². The molecule has 0 unspecified atom stereocenters. The Morgan fingerprint density at radius 1 is 1.57 bits per heavy atom. The fraction of sp³-hybridized carbons (Fsp3) is 0.200. The summed E-state index contributed by atoms with van der Waals surface area (Å²) in [5.74, 6) is 0.512. The van der Waals surface area contributed by atoms with Crippen molar-refractivity contribution in [3.05, 3.63) is 28.2 Å². The highest BCUT2D eigenvalue weighted by Gasteiger charge is 2.02. The van der Waals surface area contributed by atoms with Crippen LogP contribution in [0.15, 0.2) is 22.7 Å². The van der Waals surface area contributed by atoms with E-state index < -0.39 is 0 Å². The van der Waals surface area contributed by atoms with Gasteiger partial charge in [-0.05, 0) is 18.2 Å². The van der Waals surface area contributed by atoms with Crippen molar-refractivity contribution in [2.24, 2.45) is 0 Å². The molecule has 1 rings (SSSR count). The Hall–Kier alpha value is -1.34. The zero-order valence-electron chi connectivity index (χ0n) is 7.37. The van der Waals surface area contributed by atoms with Gasteiger partial charge in [0.1, 0.15) is 18.1 Å². The Balaban J connectivity index is 2.76. The predicted molar refractivity (Wildman–Crippen MR) is 55.0 cm³/mol. The minimum atomic E-state index is 0.305. The van der Waals surface area contributed by atoms with Crippen LogP contribution in [0.2, 0.25) is 0 Å². The van der Waals surface area contributed by atoms with Gasteiger partial charge >= 0.3 is 0 Å². The summed E-state index contributed by atoms with van der Waals surface area (Å²) in [6.45, 7) is 0.305. The molecule has 72 valence electrons. The van der Waals surface area contributed by atoms with Gasteiger partial charge in [0.05, 0.1) is 12.2 Å². The SMILES string of the molecule is N#Cc1cc(Br)ccc1OCCC=O. The van der Waals surface area contributed by atoms with Crippen molar-refractivity contribution in [1.82, 2.24) is 0 Å². The third-order valence-electron chi connectivity index (χ3n) is 1.56. The van der Waals surface area contributed by atoms with E-state index in [0.29, 0.717) is 24.3 Å². The van der Waals surface area contributed by atoms with E-state index in [0.717, 1.165) is 10.8 Å². The summed E-state index contributed by atoms with van der Waals surface area (Å²) >= 11 is 3.26. The molecule has 0 saturated carbocycles. The average Bonchev–Trinajstić information content (AvgIpc) is 2.20. The summed E-state index contributed by atoms with van der Waals surface area (Å²) in [5, 5.41) is 8.78. The van der Waals surface area contributed by atoms with Crippen LogP contribution in [0.25, 0.3) is 0 Å². The summed E-state index contributed by atoms with van der Waals surface area (Å²) in [4.78, 5) is 10.1. The van der Waals surface area contributed by atoms with E-state index in [1.54, 1.807) is 18.2 Å². The van der Waals surface area contributed by atoms with Crippen molar-refractivity contribution in [2.45, 2.75) is 6.42 Å². The minimum Gasteiger partial charge on any atom is -0.492 e. The number of rotatable bonds is 4. The fourth-order valence-corrected chi connectivity index (χ4v) is 1.29. The molecule has 4 heteroatoms. The molecule has 0 atom stereocenters. The Labute approximate surface area is 90.4 Å². The van der Waals surface area contributed by atoms with Gasteiger partial charge in [-0.3, -0.25) is 0 Å². The Morgan fingerprint density at radius 2 is 2.36 bits per heavy atom. The zero-order valence-corrected chi connectivity index (χ0v) is 8.95. The molecular weight excluding hydrogens is 246 g/mol. The largest absolute Gasteiger partial charge is 0.492 e. The standard InChI is InChI=1S/C10H8BrNO2/c11-9-2-3-10(8(6-9)7-12)14-5-1-4-13/h2-4,6H,1,5H2. The maximum Gasteiger partial charge on any atom is 0.137 e. The number of halogens is 1. The predicted octanol–water partition coefficient (Wildman–Crippen LogP) is 2.29. The van der Waals surface area contributed by atoms with E-state index in [9.17, 15) is 4.79 Å². The van der Waals surface area contributed by atoms with Gasteiger partial charge in [0.2, 0.25) is 0 Å². The van der Waals surface area contributed by atoms with Crippen LogP contribution >= 0.6 is 15.9 Å². The molecule has 0 N–H and O–H groups in total. The summed E-state index contributed by atoms with van der Waals surface area (Å²) in [6.07, 6.45) is 1.12. The topological polar surface area (TPSA) is 50.1 Å². The van der Waals surface area contributed by atoms with Crippen molar-refractivity contribution >= 4 is 22.2 Å². The highest BCUT2D eigenvalue weighted by atomic mass is 79.9. The molecule has 1 aromatic carbocycles. The Kier molecular flexibility index (Phi) is 4.14. The van der Waals surface area contributed by atoms with Crippen LogP contribution in [-0.4, -0.2) is 12.9 Å². The van der Waals surface area contributed by atoms with Crippen LogP contribution in [0, 0.1) is 11.3 Å². The van der Waals surface area contributed by atoms with E-state index in [-0.39, 0.29) is 0 Å². The second kappa shape index (κ2) is 5.40. The zero-order chi connectivity index (χ0) is 10.4. The average molecular weight is 254 g/mol. The smallest absolute Gasteiger partial charge is 0.137 e. The molecule has 0 bridgehead atoms. The van der Waals surface area contributed by atoms with Crippen LogP contribution in [0.5, 0.6) is 5.75 Å². The molecule has 0 aliphatic carbocycles. The molecule has 0 heterocycles. The minimum absolute atomic E-state index is 0.305. The molecule has 0 radical (unpaired) electrons. The van der Waals surface area contributed by atoms with Crippen LogP contribution in [0.3, 0.4) is 0 Å². The molecule has 0 aliphatic heterocycles. The number of carbonyl (C=O) groups excluding carboxylic acids is 1.